The van der Waals surface area contributed by atoms with E-state index in [0.29, 0.717) is 11.5 Å². The second-order valence-electron chi connectivity index (χ2n) is 6.09. The highest BCUT2D eigenvalue weighted by atomic mass is 32.2. The summed E-state index contributed by atoms with van der Waals surface area (Å²) in [5.74, 6) is 6.30. The van der Waals surface area contributed by atoms with Crippen molar-refractivity contribution in [1.29, 1.82) is 0 Å². The van der Waals surface area contributed by atoms with Crippen LogP contribution in [-0.2, 0) is 16.4 Å². The topological polar surface area (TPSA) is 60.9 Å². The Bertz CT molecular complexity index is 694. The molecule has 2 aliphatic heterocycles. The van der Waals surface area contributed by atoms with E-state index in [4.69, 9.17) is 5.11 Å². The van der Waals surface area contributed by atoms with Crippen molar-refractivity contribution in [2.45, 2.75) is 19.0 Å². The van der Waals surface area contributed by atoms with Crippen LogP contribution in [0.5, 0.6) is 0 Å². The van der Waals surface area contributed by atoms with Gasteiger partial charge in [0.25, 0.3) is 0 Å². The van der Waals surface area contributed by atoms with Crippen LogP contribution in [0, 0.1) is 11.8 Å². The molecule has 2 aliphatic rings. The highest BCUT2D eigenvalue weighted by Gasteiger charge is 2.33. The molecule has 0 amide bonds. The average Bonchev–Trinajstić information content (AvgIpc) is 3.12. The molecule has 2 fully saturated rings. The van der Waals surface area contributed by atoms with Gasteiger partial charge in [-0.15, -0.1) is 11.3 Å². The summed E-state index contributed by atoms with van der Waals surface area (Å²) in [6.07, 6.45) is 0.792. The quantitative estimate of drug-likeness (QED) is 0.796. The molecule has 0 spiro atoms. The first-order chi connectivity index (χ1) is 11.1. The van der Waals surface area contributed by atoms with Gasteiger partial charge in [-0.3, -0.25) is 9.80 Å². The monoisotopic (exact) mass is 354 g/mol. The highest BCUT2D eigenvalue weighted by Crippen LogP contribution is 2.21. The Morgan fingerprint density at radius 3 is 2.70 bits per heavy atom. The first-order valence-electron chi connectivity index (χ1n) is 7.91. The zero-order valence-electron chi connectivity index (χ0n) is 13.1. The summed E-state index contributed by atoms with van der Waals surface area (Å²) in [5, 5.41) is 8.72. The van der Waals surface area contributed by atoms with Crippen LogP contribution in [0.1, 0.15) is 16.2 Å². The lowest BCUT2D eigenvalue weighted by molar-refractivity contribution is 0.101. The van der Waals surface area contributed by atoms with Crippen LogP contribution in [0.25, 0.3) is 0 Å². The molecule has 0 bridgehead atoms. The van der Waals surface area contributed by atoms with Crippen molar-refractivity contribution in [2.24, 2.45) is 0 Å². The van der Waals surface area contributed by atoms with E-state index < -0.39 is 9.84 Å². The maximum absolute atomic E-state index is 11.6. The fraction of sp³-hybridized carbons (Fsp3) is 0.625. The zero-order chi connectivity index (χ0) is 16.3. The summed E-state index contributed by atoms with van der Waals surface area (Å²) in [6, 6.07) is 4.33. The van der Waals surface area contributed by atoms with Gasteiger partial charge in [-0.05, 0) is 18.6 Å². The van der Waals surface area contributed by atoms with Gasteiger partial charge in [0, 0.05) is 43.6 Å². The number of hydrogen-bond donors (Lipinski definition) is 1. The summed E-state index contributed by atoms with van der Waals surface area (Å²) in [6.45, 7) is 4.66. The average molecular weight is 354 g/mol. The van der Waals surface area contributed by atoms with Gasteiger partial charge in [-0.25, -0.2) is 8.42 Å². The molecule has 3 heterocycles. The molecule has 1 atom stereocenters. The van der Waals surface area contributed by atoms with E-state index in [2.05, 4.69) is 27.7 Å². The molecule has 1 aromatic rings. The normalized spacial score (nSPS) is 25.2. The van der Waals surface area contributed by atoms with Gasteiger partial charge < -0.3 is 5.11 Å². The first kappa shape index (κ1) is 16.9. The lowest BCUT2D eigenvalue weighted by Crippen LogP contribution is -2.50. The van der Waals surface area contributed by atoms with Crippen LogP contribution in [0.15, 0.2) is 12.1 Å². The van der Waals surface area contributed by atoms with Crippen molar-refractivity contribution >= 4 is 21.2 Å². The Morgan fingerprint density at radius 2 is 2.04 bits per heavy atom. The fourth-order valence-corrected chi connectivity index (χ4v) is 5.91. The first-order valence-corrected chi connectivity index (χ1v) is 10.5. The molecule has 0 radical (unpaired) electrons. The van der Waals surface area contributed by atoms with Gasteiger partial charge in [0.15, 0.2) is 9.84 Å². The van der Waals surface area contributed by atoms with Crippen LogP contribution < -0.4 is 0 Å². The summed E-state index contributed by atoms with van der Waals surface area (Å²) < 4.78 is 23.2. The molecule has 2 saturated heterocycles. The standard InChI is InChI=1S/C16H22N2O3S2/c19-10-1-2-15-3-4-16(22-15)12-17-6-8-18(9-7-17)14-5-11-23(20,21)13-14/h3-4,14,19H,5-13H2. The van der Waals surface area contributed by atoms with Gasteiger partial charge in [0.1, 0.15) is 6.61 Å². The van der Waals surface area contributed by atoms with Gasteiger partial charge in [-0.2, -0.15) is 0 Å². The van der Waals surface area contributed by atoms with Gasteiger partial charge in [0.05, 0.1) is 16.4 Å². The minimum Gasteiger partial charge on any atom is -0.384 e. The van der Waals surface area contributed by atoms with Crippen molar-refractivity contribution in [3.05, 3.63) is 21.9 Å². The Balaban J connectivity index is 1.48. The molecule has 1 aromatic heterocycles. The number of aliphatic hydroxyl groups excluding tert-OH is 1. The molecule has 0 aliphatic carbocycles. The summed E-state index contributed by atoms with van der Waals surface area (Å²) in [7, 11) is -2.80. The third-order valence-corrected chi connectivity index (χ3v) is 7.20. The largest absolute Gasteiger partial charge is 0.384 e. The molecule has 23 heavy (non-hydrogen) atoms. The van der Waals surface area contributed by atoms with Crippen LogP contribution >= 0.6 is 11.3 Å². The van der Waals surface area contributed by atoms with E-state index in [-0.39, 0.29) is 12.6 Å². The maximum atomic E-state index is 11.6. The lowest BCUT2D eigenvalue weighted by atomic mass is 10.2. The van der Waals surface area contributed by atoms with Crippen molar-refractivity contribution in [3.8, 4) is 11.8 Å². The molecular formula is C16H22N2O3S2. The number of thiophene rings is 1. The third-order valence-electron chi connectivity index (χ3n) is 4.46. The van der Waals surface area contributed by atoms with Crippen LogP contribution in [-0.4, -0.2) is 73.7 Å². The molecule has 126 valence electrons. The number of nitrogens with zero attached hydrogens (tertiary/aromatic N) is 2. The van der Waals surface area contributed by atoms with E-state index in [1.165, 1.54) is 4.88 Å². The predicted molar refractivity (Wildman–Crippen MR) is 92.2 cm³/mol. The van der Waals surface area contributed by atoms with E-state index >= 15 is 0 Å². The second kappa shape index (κ2) is 7.32. The minimum absolute atomic E-state index is 0.105. The van der Waals surface area contributed by atoms with Crippen LogP contribution in [0.3, 0.4) is 0 Å². The van der Waals surface area contributed by atoms with Crippen LogP contribution in [0.2, 0.25) is 0 Å². The van der Waals surface area contributed by atoms with Gasteiger partial charge in [-0.1, -0.05) is 11.8 Å². The number of rotatable bonds is 3. The maximum Gasteiger partial charge on any atom is 0.151 e. The Kier molecular flexibility index (Phi) is 5.39. The van der Waals surface area contributed by atoms with Crippen molar-refractivity contribution < 1.29 is 13.5 Å². The molecule has 1 unspecified atom stereocenters. The smallest absolute Gasteiger partial charge is 0.151 e. The number of hydrogen-bond acceptors (Lipinski definition) is 6. The Hall–Kier alpha value is -0.910. The predicted octanol–water partition coefficient (Wildman–Crippen LogP) is 0.397. The Labute approximate surface area is 141 Å². The molecule has 0 aromatic carbocycles. The number of aliphatic hydroxyl groups is 1. The number of sulfone groups is 1. The third kappa shape index (κ3) is 4.55. The van der Waals surface area contributed by atoms with Crippen molar-refractivity contribution in [3.63, 3.8) is 0 Å². The van der Waals surface area contributed by atoms with Crippen molar-refractivity contribution in [1.82, 2.24) is 9.80 Å². The van der Waals surface area contributed by atoms with Crippen molar-refractivity contribution in [2.75, 3.05) is 44.3 Å². The zero-order valence-corrected chi connectivity index (χ0v) is 14.7. The summed E-state index contributed by atoms with van der Waals surface area (Å²) in [5.41, 5.74) is 0. The molecule has 5 nitrogen and oxygen atoms in total. The van der Waals surface area contributed by atoms with E-state index in [1.807, 2.05) is 6.07 Å². The lowest BCUT2D eigenvalue weighted by Gasteiger charge is -2.37. The highest BCUT2D eigenvalue weighted by molar-refractivity contribution is 7.91. The molecule has 3 rings (SSSR count). The van der Waals surface area contributed by atoms with Gasteiger partial charge in [0.2, 0.25) is 0 Å². The SMILES string of the molecule is O=S1(=O)CCC(N2CCN(Cc3ccc(C#CCO)s3)CC2)C1. The summed E-state index contributed by atoms with van der Waals surface area (Å²) >= 11 is 1.67. The molecule has 7 heteroatoms. The molecular weight excluding hydrogens is 332 g/mol. The molecule has 1 N–H and O–H groups in total. The minimum atomic E-state index is -2.80. The summed E-state index contributed by atoms with van der Waals surface area (Å²) in [4.78, 5) is 7.02. The number of piperazine rings is 1. The van der Waals surface area contributed by atoms with E-state index in [0.717, 1.165) is 44.0 Å². The fourth-order valence-electron chi connectivity index (χ4n) is 3.23. The van der Waals surface area contributed by atoms with E-state index in [9.17, 15) is 8.42 Å². The second-order valence-corrected chi connectivity index (χ2v) is 9.49. The van der Waals surface area contributed by atoms with E-state index in [1.54, 1.807) is 11.3 Å². The Morgan fingerprint density at radius 1 is 1.26 bits per heavy atom. The molecule has 0 saturated carbocycles. The van der Waals surface area contributed by atoms with Gasteiger partial charge >= 0.3 is 0 Å². The van der Waals surface area contributed by atoms with Crippen LogP contribution in [0.4, 0.5) is 0 Å².